The van der Waals surface area contributed by atoms with Crippen molar-refractivity contribution < 1.29 is 73.0 Å². The van der Waals surface area contributed by atoms with Crippen LogP contribution in [0.1, 0.15) is 144 Å². The van der Waals surface area contributed by atoms with Gasteiger partial charge in [0, 0.05) is 38.9 Å². The lowest BCUT2D eigenvalue weighted by Crippen LogP contribution is -2.41. The van der Waals surface area contributed by atoms with Crippen LogP contribution in [-0.2, 0) is 52.5 Å². The molecule has 4 amide bonds. The Bertz CT molecular complexity index is 1220. The van der Waals surface area contributed by atoms with Gasteiger partial charge < -0.3 is 60.7 Å². The number of thioether (sulfide) groups is 1. The summed E-state index contributed by atoms with van der Waals surface area (Å²) in [5.74, 6) is 0.540. The Morgan fingerprint density at radius 2 is 0.887 bits per heavy atom. The molecule has 0 aromatic carbocycles. The average molecular weight is 1100 g/mol. The highest BCUT2D eigenvalue weighted by Crippen LogP contribution is 2.12. The van der Waals surface area contributed by atoms with Gasteiger partial charge in [-0.15, -0.1) is 0 Å². The summed E-state index contributed by atoms with van der Waals surface area (Å²) in [6, 6.07) is -1.79. The van der Waals surface area contributed by atoms with E-state index in [-0.39, 0.29) is 115 Å². The Morgan fingerprint density at radius 3 is 1.28 bits per heavy atom. The van der Waals surface area contributed by atoms with Crippen molar-refractivity contribution in [2.75, 3.05) is 97.0 Å². The van der Waals surface area contributed by atoms with E-state index in [1.54, 1.807) is 21.6 Å². The predicted molar refractivity (Wildman–Crippen MR) is 292 cm³/mol. The lowest BCUT2D eigenvalue weighted by Gasteiger charge is -2.14. The van der Waals surface area contributed by atoms with E-state index in [4.69, 9.17) is 34.4 Å². The summed E-state index contributed by atoms with van der Waals surface area (Å²) >= 11 is 1.86. The molecule has 3 unspecified atom stereocenters. The number of carboxylic acid groups (broad SMARTS) is 3. The van der Waals surface area contributed by atoms with Gasteiger partial charge in [0.05, 0.1) is 39.6 Å². The van der Waals surface area contributed by atoms with Crippen LogP contribution < -0.4 is 32.3 Å². The zero-order valence-electron chi connectivity index (χ0n) is 44.3. The highest BCUT2D eigenvalue weighted by atomic mass is 33.1. The van der Waals surface area contributed by atoms with Crippen LogP contribution in [-0.4, -0.2) is 171 Å². The van der Waals surface area contributed by atoms with Crippen LogP contribution in [0, 0.1) is 0 Å². The molecular formula is C46H97N6O15PS3. The van der Waals surface area contributed by atoms with Gasteiger partial charge in [-0.25, -0.2) is 10.7 Å². The van der Waals surface area contributed by atoms with Crippen molar-refractivity contribution >= 4 is 84.3 Å². The molecule has 71 heavy (non-hydrogen) atoms. The quantitative estimate of drug-likeness (QED) is 0.0147. The number of unbranched alkanes of at least 4 members (excludes halogenated alkanes) is 10. The molecule has 0 aromatic heterocycles. The van der Waals surface area contributed by atoms with Crippen LogP contribution >= 0.6 is 42.7 Å². The first kappa shape index (κ1) is 79.9. The largest absolute Gasteiger partial charge is 0.481 e. The smallest absolute Gasteiger partial charge is 0.326 e. The van der Waals surface area contributed by atoms with Crippen molar-refractivity contribution in [2.45, 2.75) is 156 Å². The van der Waals surface area contributed by atoms with Gasteiger partial charge in [0.25, 0.3) is 0 Å². The van der Waals surface area contributed by atoms with E-state index in [0.29, 0.717) is 32.2 Å². The van der Waals surface area contributed by atoms with E-state index < -0.39 is 30.0 Å². The molecule has 11 N–H and O–H groups in total. The third kappa shape index (κ3) is 71.8. The molecule has 0 radical (unpaired) electrons. The highest BCUT2D eigenvalue weighted by molar-refractivity contribution is 8.76. The number of carboxylic acids is 3. The number of carbonyl (C=O) groups is 7. The van der Waals surface area contributed by atoms with Crippen LogP contribution in [0.15, 0.2) is 0 Å². The van der Waals surface area contributed by atoms with Crippen molar-refractivity contribution in [1.82, 2.24) is 26.4 Å². The fourth-order valence-electron chi connectivity index (χ4n) is 5.24. The Morgan fingerprint density at radius 1 is 0.493 bits per heavy atom. The van der Waals surface area contributed by atoms with Crippen LogP contribution in [0.4, 0.5) is 0 Å². The molecule has 3 atom stereocenters. The van der Waals surface area contributed by atoms with Crippen molar-refractivity contribution in [2.24, 2.45) is 5.90 Å². The molecule has 0 bridgehead atoms. The molecule has 0 aromatic rings. The maximum absolute atomic E-state index is 12.2. The summed E-state index contributed by atoms with van der Waals surface area (Å²) < 4.78 is 21.2. The van der Waals surface area contributed by atoms with Gasteiger partial charge in [-0.3, -0.25) is 33.9 Å². The van der Waals surface area contributed by atoms with Gasteiger partial charge in [-0.2, -0.15) is 11.8 Å². The molecule has 0 aliphatic rings. The number of hydrogen-bond acceptors (Lipinski definition) is 17. The average Bonchev–Trinajstić information content (AvgIpc) is 3.37. The second kappa shape index (κ2) is 69.6. The second-order valence-electron chi connectivity index (χ2n) is 14.3. The zero-order valence-corrected chi connectivity index (χ0v) is 47.9. The normalized spacial score (nSPS) is 10.7. The molecule has 0 fully saturated rings. The van der Waals surface area contributed by atoms with Gasteiger partial charge in [-0.1, -0.05) is 117 Å². The zero-order chi connectivity index (χ0) is 55.2. The van der Waals surface area contributed by atoms with E-state index in [0.717, 1.165) is 57.8 Å². The van der Waals surface area contributed by atoms with E-state index in [2.05, 4.69) is 67.3 Å². The van der Waals surface area contributed by atoms with Crippen LogP contribution in [0.3, 0.4) is 0 Å². The first-order valence-electron chi connectivity index (χ1n) is 24.6. The summed E-state index contributed by atoms with van der Waals surface area (Å²) in [5.41, 5.74) is 0. The summed E-state index contributed by atoms with van der Waals surface area (Å²) in [7, 11) is 5.73. The lowest BCUT2D eigenvalue weighted by molar-refractivity contribution is -0.142. The highest BCUT2D eigenvalue weighted by Gasteiger charge is 2.21. The number of rotatable bonds is 43. The first-order valence-corrected chi connectivity index (χ1v) is 29.6. The monoisotopic (exact) mass is 1100 g/mol. The predicted octanol–water partition coefficient (Wildman–Crippen LogP) is 5.90. The molecule has 0 aliphatic heterocycles. The van der Waals surface area contributed by atoms with Crippen LogP contribution in [0.2, 0.25) is 0 Å². The Labute approximate surface area is 440 Å². The molecule has 21 nitrogen and oxygen atoms in total. The summed E-state index contributed by atoms with van der Waals surface area (Å²) in [6.07, 6.45) is 17.9. The number of aliphatic carboxylic acids is 3. The number of nitrogens with two attached hydrogens (primary N) is 1. The molecular weight excluding hydrogens is 1000 g/mol. The van der Waals surface area contributed by atoms with Gasteiger partial charge in [0.15, 0.2) is 0 Å². The van der Waals surface area contributed by atoms with Crippen molar-refractivity contribution in [3.8, 4) is 0 Å². The number of hydrogen-bond donors (Lipinski definition) is 10. The number of nitrogens with one attached hydrogen (secondary N) is 5. The number of carbonyl (C=O) groups excluding carboxylic acids is 4. The lowest BCUT2D eigenvalue weighted by atomic mass is 10.0. The van der Waals surface area contributed by atoms with Crippen LogP contribution in [0.25, 0.3) is 0 Å². The molecule has 25 heteroatoms. The third-order valence-corrected chi connectivity index (χ3v) is 11.2. The number of amides is 4. The van der Waals surface area contributed by atoms with E-state index in [1.165, 1.54) is 5.75 Å². The topological polar surface area (TPSA) is 324 Å². The molecule has 0 aliphatic carbocycles. The molecule has 0 heterocycles. The van der Waals surface area contributed by atoms with E-state index in [9.17, 15) is 38.7 Å². The second-order valence-corrected chi connectivity index (χ2v) is 18.4. The van der Waals surface area contributed by atoms with Gasteiger partial charge >= 0.3 is 17.9 Å². The third-order valence-electron chi connectivity index (χ3n) is 8.88. The molecule has 0 rings (SSSR count). The van der Waals surface area contributed by atoms with Crippen molar-refractivity contribution in [3.05, 3.63) is 0 Å². The summed E-state index contributed by atoms with van der Waals surface area (Å²) in [4.78, 5) is 81.1. The van der Waals surface area contributed by atoms with Gasteiger partial charge in [0.2, 0.25) is 23.6 Å². The molecule has 0 saturated heterocycles. The van der Waals surface area contributed by atoms with Crippen LogP contribution in [0.5, 0.6) is 0 Å². The summed E-state index contributed by atoms with van der Waals surface area (Å²) in [5, 5.41) is 46.7. The Balaban J connectivity index is -0.000000672. The van der Waals surface area contributed by atoms with E-state index >= 15 is 0 Å². The first-order chi connectivity index (χ1) is 34.3. The summed E-state index contributed by atoms with van der Waals surface area (Å²) in [6.45, 7) is 12.0. The van der Waals surface area contributed by atoms with Crippen molar-refractivity contribution in [3.63, 3.8) is 0 Å². The fourth-order valence-corrected chi connectivity index (χ4v) is 5.55. The van der Waals surface area contributed by atoms with E-state index in [1.807, 2.05) is 39.5 Å². The number of ether oxygens (including phenoxy) is 4. The Hall–Kier alpha value is -2.51. The maximum Gasteiger partial charge on any atom is 0.326 e. The minimum absolute atomic E-state index is 0.0413. The van der Waals surface area contributed by atoms with Gasteiger partial charge in [-0.05, 0) is 63.0 Å². The minimum atomic E-state index is -1.20. The molecule has 0 saturated carbocycles. The molecule has 0 spiro atoms. The standard InChI is InChI=1S/C37H68N5O14P.C3H8S.C2H6S2.2C2H6.H3NO/c43-31(17-16-29(36(49)50)41-32(44)14-9-7-5-3-1-2-4-6-8-10-15-35(47)48)39-19-21-53-23-26-56-28-34(46)40-20-22-54-24-25-55-27-33(45)38-18-12-11-13-30(42-57)37(51)52;2*1-3-4-2;3*1-2/h29-30,42H,1-28,57H2,(H,38,45)(H,39,43)(H,40,46)(H,41,44)(H,47,48)(H,49,50)(H,51,52);3H2,1-2H3;1-2H3;2*1-2H3;2H,1H2. The minimum Gasteiger partial charge on any atom is -0.481 e. The maximum atomic E-state index is 12.2. The molecule has 424 valence electrons. The SMILES string of the molecule is CC.CC.CCSC.CSSC.NO.O=C(O)CCCCCCCCCCCCC(=O)NC(CCC(=O)NCCOCCOCC(=O)NCCOCCOCC(=O)NCCCCC(NP)C(=O)O)C(=O)O. The Kier molecular flexibility index (Phi) is 78.3. The van der Waals surface area contributed by atoms with Gasteiger partial charge in [0.1, 0.15) is 25.3 Å². The van der Waals surface area contributed by atoms with Crippen molar-refractivity contribution in [1.29, 1.82) is 0 Å². The fraction of sp³-hybridized carbons (Fsp3) is 0.848.